The van der Waals surface area contributed by atoms with Crippen LogP contribution in [0.5, 0.6) is 0 Å². The van der Waals surface area contributed by atoms with E-state index in [1.54, 1.807) is 7.11 Å². The number of rotatable bonds is 6. The Morgan fingerprint density at radius 2 is 2.07 bits per heavy atom. The number of anilines is 1. The molecule has 2 aromatic carbocycles. The van der Waals surface area contributed by atoms with Gasteiger partial charge in [0.05, 0.1) is 24.2 Å². The fourth-order valence-corrected chi connectivity index (χ4v) is 2.82. The van der Waals surface area contributed by atoms with Gasteiger partial charge >= 0.3 is 0 Å². The second-order valence-corrected chi connectivity index (χ2v) is 5.94. The second kappa shape index (κ2) is 7.34. The number of amides is 1. The Hall–Kier alpha value is -3.59. The van der Waals surface area contributed by atoms with Crippen molar-refractivity contribution in [2.45, 2.75) is 6.42 Å². The summed E-state index contributed by atoms with van der Waals surface area (Å²) in [6.07, 6.45) is 0.306. The Morgan fingerprint density at radius 1 is 1.15 bits per heavy atom. The van der Waals surface area contributed by atoms with Gasteiger partial charge in [0.15, 0.2) is 0 Å². The maximum Gasteiger partial charge on any atom is 0.226 e. The average molecular weight is 363 g/mol. The Balaban J connectivity index is 1.67. The third-order valence-corrected chi connectivity index (χ3v) is 4.12. The van der Waals surface area contributed by atoms with E-state index in [1.807, 2.05) is 42.5 Å². The van der Waals surface area contributed by atoms with Crippen LogP contribution in [0, 0.1) is 0 Å². The normalized spacial score (nSPS) is 11.0. The van der Waals surface area contributed by atoms with E-state index in [2.05, 4.69) is 36.1 Å². The third kappa shape index (κ3) is 3.53. The van der Waals surface area contributed by atoms with Crippen LogP contribution in [0.3, 0.4) is 0 Å². The molecule has 9 nitrogen and oxygen atoms in total. The summed E-state index contributed by atoms with van der Waals surface area (Å²) in [4.78, 5) is 11.9. The number of carbonyl (C=O) groups excluding carboxylic acids is 1. The molecule has 9 heteroatoms. The van der Waals surface area contributed by atoms with Crippen LogP contribution < -0.4 is 5.32 Å². The van der Waals surface area contributed by atoms with Crippen LogP contribution in [0.1, 0.15) is 6.42 Å². The topological polar surface area (TPSA) is 121 Å². The Morgan fingerprint density at radius 3 is 2.89 bits per heavy atom. The molecule has 0 saturated carbocycles. The van der Waals surface area contributed by atoms with Crippen LogP contribution >= 0.6 is 0 Å². The smallest absolute Gasteiger partial charge is 0.226 e. The molecule has 2 heterocycles. The monoisotopic (exact) mass is 363 g/mol. The van der Waals surface area contributed by atoms with E-state index >= 15 is 0 Å². The van der Waals surface area contributed by atoms with Gasteiger partial charge in [0.1, 0.15) is 0 Å². The number of aromatic nitrogens is 6. The van der Waals surface area contributed by atoms with Gasteiger partial charge in [-0.05, 0) is 35.5 Å². The lowest BCUT2D eigenvalue weighted by molar-refractivity contribution is -0.117. The van der Waals surface area contributed by atoms with E-state index in [9.17, 15) is 4.79 Å². The van der Waals surface area contributed by atoms with Crippen LogP contribution in [0.25, 0.3) is 33.5 Å². The molecule has 0 bridgehead atoms. The molecule has 0 saturated heterocycles. The predicted molar refractivity (Wildman–Crippen MR) is 99.8 cm³/mol. The summed E-state index contributed by atoms with van der Waals surface area (Å²) in [7, 11) is 1.57. The van der Waals surface area contributed by atoms with E-state index in [1.165, 1.54) is 0 Å². The largest absolute Gasteiger partial charge is 0.384 e. The third-order valence-electron chi connectivity index (χ3n) is 4.12. The van der Waals surface area contributed by atoms with Crippen molar-refractivity contribution < 1.29 is 9.53 Å². The van der Waals surface area contributed by atoms with Gasteiger partial charge in [-0.1, -0.05) is 12.1 Å². The quantitative estimate of drug-likeness (QED) is 0.483. The highest BCUT2D eigenvalue weighted by atomic mass is 16.5. The van der Waals surface area contributed by atoms with Crippen LogP contribution in [0.15, 0.2) is 42.5 Å². The van der Waals surface area contributed by atoms with Crippen molar-refractivity contribution >= 4 is 22.5 Å². The molecule has 0 spiro atoms. The van der Waals surface area contributed by atoms with Gasteiger partial charge in [0.2, 0.25) is 11.7 Å². The van der Waals surface area contributed by atoms with Crippen molar-refractivity contribution in [2.24, 2.45) is 0 Å². The summed E-state index contributed by atoms with van der Waals surface area (Å²) < 4.78 is 4.93. The molecule has 0 unspecified atom stereocenters. The molecular formula is C18H17N7O2. The summed E-state index contributed by atoms with van der Waals surface area (Å²) in [5.41, 5.74) is 4.10. The summed E-state index contributed by atoms with van der Waals surface area (Å²) in [6, 6.07) is 13.3. The summed E-state index contributed by atoms with van der Waals surface area (Å²) in [5, 5.41) is 25.4. The molecule has 4 aromatic rings. The van der Waals surface area contributed by atoms with Gasteiger partial charge in [0, 0.05) is 29.3 Å². The van der Waals surface area contributed by atoms with E-state index in [0.717, 1.165) is 27.7 Å². The van der Waals surface area contributed by atoms with Crippen molar-refractivity contribution in [2.75, 3.05) is 19.0 Å². The highest BCUT2D eigenvalue weighted by Crippen LogP contribution is 2.30. The number of aromatic amines is 2. The molecule has 0 radical (unpaired) electrons. The van der Waals surface area contributed by atoms with E-state index in [-0.39, 0.29) is 5.91 Å². The highest BCUT2D eigenvalue weighted by molar-refractivity contribution is 5.96. The van der Waals surface area contributed by atoms with Crippen molar-refractivity contribution in [1.29, 1.82) is 0 Å². The first-order chi connectivity index (χ1) is 13.2. The van der Waals surface area contributed by atoms with Crippen LogP contribution in [-0.4, -0.2) is 50.4 Å². The molecule has 3 N–H and O–H groups in total. The van der Waals surface area contributed by atoms with Crippen molar-refractivity contribution in [3.63, 3.8) is 0 Å². The molecule has 4 rings (SSSR count). The molecule has 0 aliphatic rings. The minimum Gasteiger partial charge on any atom is -0.384 e. The van der Waals surface area contributed by atoms with E-state index in [0.29, 0.717) is 24.5 Å². The van der Waals surface area contributed by atoms with Gasteiger partial charge in [0.25, 0.3) is 0 Å². The second-order valence-electron chi connectivity index (χ2n) is 5.94. The van der Waals surface area contributed by atoms with Gasteiger partial charge < -0.3 is 10.1 Å². The Labute approximate surface area is 154 Å². The summed E-state index contributed by atoms with van der Waals surface area (Å²) in [5.74, 6) is 0.420. The number of methoxy groups -OCH3 is 1. The van der Waals surface area contributed by atoms with Gasteiger partial charge in [-0.3, -0.25) is 9.89 Å². The van der Waals surface area contributed by atoms with Crippen LogP contribution in [-0.2, 0) is 9.53 Å². The van der Waals surface area contributed by atoms with Crippen LogP contribution in [0.4, 0.5) is 5.69 Å². The minimum absolute atomic E-state index is 0.0970. The van der Waals surface area contributed by atoms with Crippen molar-refractivity contribution in [3.05, 3.63) is 42.5 Å². The fourth-order valence-electron chi connectivity index (χ4n) is 2.82. The van der Waals surface area contributed by atoms with Gasteiger partial charge in [-0.25, -0.2) is 0 Å². The Kier molecular flexibility index (Phi) is 4.58. The average Bonchev–Trinajstić information content (AvgIpc) is 3.36. The van der Waals surface area contributed by atoms with Gasteiger partial charge in [-0.2, -0.15) is 10.3 Å². The lowest BCUT2D eigenvalue weighted by Gasteiger charge is -2.07. The lowest BCUT2D eigenvalue weighted by Crippen LogP contribution is -2.13. The lowest BCUT2D eigenvalue weighted by atomic mass is 10.0. The first-order valence-electron chi connectivity index (χ1n) is 8.36. The molecule has 1 amide bonds. The molecule has 0 atom stereocenters. The molecule has 27 heavy (non-hydrogen) atoms. The number of benzene rings is 2. The molecule has 136 valence electrons. The summed E-state index contributed by atoms with van der Waals surface area (Å²) >= 11 is 0. The molecular weight excluding hydrogens is 346 g/mol. The molecule has 0 aliphatic carbocycles. The number of tetrazole rings is 1. The first-order valence-corrected chi connectivity index (χ1v) is 8.36. The number of nitrogens with one attached hydrogen (secondary N) is 3. The number of H-pyrrole nitrogens is 2. The van der Waals surface area contributed by atoms with E-state index < -0.39 is 0 Å². The Bertz CT molecular complexity index is 1070. The zero-order valence-electron chi connectivity index (χ0n) is 14.6. The number of carbonyl (C=O) groups is 1. The zero-order chi connectivity index (χ0) is 18.6. The first kappa shape index (κ1) is 16.9. The van der Waals surface area contributed by atoms with E-state index in [4.69, 9.17) is 4.74 Å². The maximum absolute atomic E-state index is 11.9. The number of ether oxygens (including phenoxy) is 1. The SMILES string of the molecule is COCCC(=O)Nc1cccc(-c2n[nH]c3ccc(-c4nn[nH]n4)cc23)c1. The zero-order valence-corrected chi connectivity index (χ0v) is 14.6. The van der Waals surface area contributed by atoms with Crippen LogP contribution in [0.2, 0.25) is 0 Å². The number of hydrogen-bond donors (Lipinski definition) is 3. The number of fused-ring (bicyclic) bond motifs is 1. The number of nitrogens with zero attached hydrogens (tertiary/aromatic N) is 4. The molecule has 0 fully saturated rings. The predicted octanol–water partition coefficient (Wildman–Crippen LogP) is 2.38. The van der Waals surface area contributed by atoms with Gasteiger partial charge in [-0.15, -0.1) is 10.2 Å². The maximum atomic E-state index is 11.9. The minimum atomic E-state index is -0.0970. The standard InChI is InChI=1S/C18H17N7O2/c1-27-8-7-16(26)19-13-4-2-3-11(9-13)17-14-10-12(18-22-24-25-23-18)5-6-15(14)20-21-17/h2-6,9-10H,7-8H2,1H3,(H,19,26)(H,20,21)(H,22,23,24,25). The number of hydrogen-bond acceptors (Lipinski definition) is 6. The van der Waals surface area contributed by atoms with Crippen molar-refractivity contribution in [3.8, 4) is 22.6 Å². The fraction of sp³-hybridized carbons (Fsp3) is 0.167. The van der Waals surface area contributed by atoms with Crippen molar-refractivity contribution in [1.82, 2.24) is 30.8 Å². The molecule has 0 aliphatic heterocycles. The summed E-state index contributed by atoms with van der Waals surface area (Å²) in [6.45, 7) is 0.383. The molecule has 2 aromatic heterocycles. The highest BCUT2D eigenvalue weighted by Gasteiger charge is 2.12.